The van der Waals surface area contributed by atoms with Crippen LogP contribution in [0.4, 0.5) is 16.5 Å². The Morgan fingerprint density at radius 3 is 2.41 bits per heavy atom. The molecule has 2 N–H and O–H groups in total. The molecule has 0 saturated carbocycles. The summed E-state index contributed by atoms with van der Waals surface area (Å²) in [5.41, 5.74) is 2.62. The molecule has 4 rings (SSSR count). The summed E-state index contributed by atoms with van der Waals surface area (Å²) in [7, 11) is 3.91. The minimum Gasteiger partial charge on any atom is -0.378 e. The first kappa shape index (κ1) is 25.5. The van der Waals surface area contributed by atoms with Gasteiger partial charge in [0.15, 0.2) is 0 Å². The molecule has 0 saturated heterocycles. The number of nitrogens with one attached hydrogen (secondary N) is 2. The summed E-state index contributed by atoms with van der Waals surface area (Å²) < 4.78 is 0. The van der Waals surface area contributed by atoms with Crippen LogP contribution in [0.2, 0.25) is 0 Å². The van der Waals surface area contributed by atoms with Crippen LogP contribution < -0.4 is 15.5 Å². The summed E-state index contributed by atoms with van der Waals surface area (Å²) in [4.78, 5) is 38.6. The van der Waals surface area contributed by atoms with Crippen LogP contribution in [0.3, 0.4) is 0 Å². The molecule has 1 heterocycles. The van der Waals surface area contributed by atoms with Gasteiger partial charge >= 0.3 is 0 Å². The predicted molar refractivity (Wildman–Crippen MR) is 143 cm³/mol. The van der Waals surface area contributed by atoms with Gasteiger partial charge in [-0.15, -0.1) is 10.2 Å². The van der Waals surface area contributed by atoms with Crippen LogP contribution in [0.15, 0.2) is 78.9 Å². The van der Waals surface area contributed by atoms with Gasteiger partial charge in [0, 0.05) is 49.5 Å². The van der Waals surface area contributed by atoms with E-state index in [0.717, 1.165) is 16.8 Å². The Morgan fingerprint density at radius 2 is 1.73 bits per heavy atom. The van der Waals surface area contributed by atoms with E-state index >= 15 is 0 Å². The summed E-state index contributed by atoms with van der Waals surface area (Å²) in [6, 6.07) is 21.4. The van der Waals surface area contributed by atoms with Gasteiger partial charge in [-0.05, 0) is 35.9 Å². The molecule has 4 aromatic rings. The smallest absolute Gasteiger partial charge is 0.270 e. The largest absolute Gasteiger partial charge is 0.378 e. The first-order valence-corrected chi connectivity index (χ1v) is 12.1. The number of hydrogen-bond donors (Lipinski definition) is 2. The third-order valence-electron chi connectivity index (χ3n) is 5.51. The highest BCUT2D eigenvalue weighted by molar-refractivity contribution is 7.18. The lowest BCUT2D eigenvalue weighted by molar-refractivity contribution is -0.384. The Labute approximate surface area is 217 Å². The number of benzene rings is 3. The van der Waals surface area contributed by atoms with Crippen molar-refractivity contribution in [2.75, 3.05) is 24.3 Å². The van der Waals surface area contributed by atoms with Crippen molar-refractivity contribution >= 4 is 39.7 Å². The van der Waals surface area contributed by atoms with E-state index in [-0.39, 0.29) is 17.7 Å². The van der Waals surface area contributed by atoms with Crippen molar-refractivity contribution < 1.29 is 14.5 Å². The molecule has 0 radical (unpaired) electrons. The van der Waals surface area contributed by atoms with Crippen molar-refractivity contribution in [3.05, 3.63) is 100 Å². The van der Waals surface area contributed by atoms with Crippen LogP contribution in [0.25, 0.3) is 10.6 Å². The normalized spacial score (nSPS) is 11.4. The fourth-order valence-corrected chi connectivity index (χ4v) is 4.30. The Bertz CT molecular complexity index is 1410. The maximum atomic E-state index is 13.2. The molecule has 1 atom stereocenters. The zero-order chi connectivity index (χ0) is 26.4. The highest BCUT2D eigenvalue weighted by Crippen LogP contribution is 2.28. The molecule has 37 heavy (non-hydrogen) atoms. The van der Waals surface area contributed by atoms with Crippen LogP contribution in [-0.2, 0) is 11.2 Å². The van der Waals surface area contributed by atoms with Gasteiger partial charge in [-0.1, -0.05) is 47.7 Å². The first-order chi connectivity index (χ1) is 17.8. The summed E-state index contributed by atoms with van der Waals surface area (Å²) >= 11 is 1.22. The second kappa shape index (κ2) is 11.4. The Hall–Kier alpha value is -4.64. The Morgan fingerprint density at radius 1 is 1.00 bits per heavy atom. The lowest BCUT2D eigenvalue weighted by Crippen LogP contribution is -2.45. The third-order valence-corrected chi connectivity index (χ3v) is 6.40. The molecule has 0 aliphatic carbocycles. The number of carbonyl (C=O) groups excluding carboxylic acids is 2. The minimum absolute atomic E-state index is 0.0828. The van der Waals surface area contributed by atoms with Crippen LogP contribution in [0, 0.1) is 10.1 Å². The van der Waals surface area contributed by atoms with Crippen LogP contribution >= 0.6 is 11.3 Å². The predicted octanol–water partition coefficient (Wildman–Crippen LogP) is 4.16. The van der Waals surface area contributed by atoms with Crippen LogP contribution in [-0.4, -0.2) is 47.1 Å². The quantitative estimate of drug-likeness (QED) is 0.252. The SMILES string of the molecule is CN(C)c1ccc(-c2nnc(NC(=O)C(Cc3ccccc3)NC(=O)c3cccc([N+](=O)[O-])c3)s2)cc1. The molecular formula is C26H24N6O4S. The maximum absolute atomic E-state index is 13.2. The highest BCUT2D eigenvalue weighted by atomic mass is 32.1. The van der Waals surface area contributed by atoms with Crippen molar-refractivity contribution in [1.82, 2.24) is 15.5 Å². The summed E-state index contributed by atoms with van der Waals surface area (Å²) in [5, 5.41) is 25.7. The Kier molecular flexibility index (Phi) is 7.84. The van der Waals surface area contributed by atoms with Gasteiger partial charge in [0.05, 0.1) is 4.92 Å². The van der Waals surface area contributed by atoms with E-state index in [1.54, 1.807) is 0 Å². The lowest BCUT2D eigenvalue weighted by Gasteiger charge is -2.18. The van der Waals surface area contributed by atoms with Gasteiger partial charge in [0.2, 0.25) is 11.0 Å². The van der Waals surface area contributed by atoms with Crippen molar-refractivity contribution in [3.63, 3.8) is 0 Å². The molecule has 0 spiro atoms. The van der Waals surface area contributed by atoms with Gasteiger partial charge in [-0.25, -0.2) is 0 Å². The number of nitrogens with zero attached hydrogens (tertiary/aromatic N) is 4. The van der Waals surface area contributed by atoms with Crippen molar-refractivity contribution in [3.8, 4) is 10.6 Å². The van der Waals surface area contributed by atoms with Crippen molar-refractivity contribution in [1.29, 1.82) is 0 Å². The highest BCUT2D eigenvalue weighted by Gasteiger charge is 2.24. The molecule has 11 heteroatoms. The molecule has 0 fully saturated rings. The number of rotatable bonds is 9. The number of carbonyl (C=O) groups is 2. The monoisotopic (exact) mass is 516 g/mol. The number of hydrogen-bond acceptors (Lipinski definition) is 8. The van der Waals surface area contributed by atoms with Crippen molar-refractivity contribution in [2.45, 2.75) is 12.5 Å². The maximum Gasteiger partial charge on any atom is 0.270 e. The van der Waals surface area contributed by atoms with Crippen LogP contribution in [0.5, 0.6) is 0 Å². The van der Waals surface area contributed by atoms with E-state index in [1.165, 1.54) is 35.6 Å². The summed E-state index contributed by atoms with van der Waals surface area (Å²) in [6.45, 7) is 0. The molecule has 3 aromatic carbocycles. The Balaban J connectivity index is 1.51. The number of anilines is 2. The third kappa shape index (κ3) is 6.53. The average Bonchev–Trinajstić information content (AvgIpc) is 3.37. The van der Waals surface area contributed by atoms with Gasteiger partial charge in [0.25, 0.3) is 11.6 Å². The molecule has 10 nitrogen and oxygen atoms in total. The van der Waals surface area contributed by atoms with Gasteiger partial charge in [-0.2, -0.15) is 0 Å². The van der Waals surface area contributed by atoms with E-state index in [9.17, 15) is 19.7 Å². The molecule has 188 valence electrons. The number of aromatic nitrogens is 2. The van der Waals surface area contributed by atoms with Gasteiger partial charge in [-0.3, -0.25) is 25.0 Å². The minimum atomic E-state index is -0.958. The van der Waals surface area contributed by atoms with Crippen molar-refractivity contribution in [2.24, 2.45) is 0 Å². The standard InChI is InChI=1S/C26H24N6O4S/c1-31(2)20-13-11-18(12-14-20)25-29-30-26(37-25)28-24(34)22(15-17-7-4-3-5-8-17)27-23(33)19-9-6-10-21(16-19)32(35)36/h3-14,16,22H,15H2,1-2H3,(H,27,33)(H,28,30,34). The molecule has 2 amide bonds. The number of non-ortho nitro benzene ring substituents is 1. The van der Waals surface area contributed by atoms with E-state index < -0.39 is 22.8 Å². The number of amides is 2. The molecule has 1 aromatic heterocycles. The van der Waals surface area contributed by atoms with E-state index in [1.807, 2.05) is 73.6 Å². The fraction of sp³-hybridized carbons (Fsp3) is 0.154. The summed E-state index contributed by atoms with van der Waals surface area (Å²) in [5.74, 6) is -1.08. The molecule has 0 aliphatic rings. The lowest BCUT2D eigenvalue weighted by atomic mass is 10.0. The second-order valence-corrected chi connectivity index (χ2v) is 9.34. The van der Waals surface area contributed by atoms with Gasteiger partial charge in [0.1, 0.15) is 11.0 Å². The zero-order valence-corrected chi connectivity index (χ0v) is 20.9. The topological polar surface area (TPSA) is 130 Å². The molecule has 1 unspecified atom stereocenters. The number of nitro groups is 1. The van der Waals surface area contributed by atoms with Gasteiger partial charge < -0.3 is 10.2 Å². The molecule has 0 aliphatic heterocycles. The van der Waals surface area contributed by atoms with E-state index in [0.29, 0.717) is 10.1 Å². The number of nitro benzene ring substituents is 1. The summed E-state index contributed by atoms with van der Waals surface area (Å²) in [6.07, 6.45) is 0.213. The fourth-order valence-electron chi connectivity index (χ4n) is 3.55. The average molecular weight is 517 g/mol. The first-order valence-electron chi connectivity index (χ1n) is 11.3. The van der Waals surface area contributed by atoms with Crippen LogP contribution in [0.1, 0.15) is 15.9 Å². The molecule has 0 bridgehead atoms. The van der Waals surface area contributed by atoms with E-state index in [4.69, 9.17) is 0 Å². The second-order valence-electron chi connectivity index (χ2n) is 8.37. The zero-order valence-electron chi connectivity index (χ0n) is 20.1. The van der Waals surface area contributed by atoms with E-state index in [2.05, 4.69) is 20.8 Å². The molecular weight excluding hydrogens is 492 g/mol.